The van der Waals surface area contributed by atoms with Crippen LogP contribution in [0.1, 0.15) is 114 Å². The van der Waals surface area contributed by atoms with Crippen LogP contribution in [-0.4, -0.2) is 45.7 Å². The Balaban J connectivity index is 1.52. The standard InChI is InChI=1S/C33H52O5/c1-18-14-23(20(15-19(2)34)30(5,6)37)38-24-17-33(9)21(27(18)24)16-22(35)28-31(7)12-11-26(36)29(3,4)25(31)10-13-32(28,33)8/h18,20,22-25,28,35,37H,10-17H2,1-9H3. The summed E-state index contributed by atoms with van der Waals surface area (Å²) in [6.07, 6.45) is 5.62. The SMILES string of the molecule is CC(=O)CC(C1CC(C)C2=C3CC(O)C4C5(C)CCC(=O)C(C)(C)C5CCC4(C)C3(C)CC2O1)C(C)(C)O. The zero-order valence-corrected chi connectivity index (χ0v) is 25.3. The van der Waals surface area contributed by atoms with E-state index < -0.39 is 11.7 Å². The lowest BCUT2D eigenvalue weighted by Crippen LogP contribution is -2.65. The maximum absolute atomic E-state index is 13.0. The Bertz CT molecular complexity index is 1050. The second-order valence-corrected chi connectivity index (χ2v) is 15.8. The number of rotatable bonds is 4. The number of carbonyl (C=O) groups is 2. The predicted molar refractivity (Wildman–Crippen MR) is 148 cm³/mol. The van der Waals surface area contributed by atoms with Crippen LogP contribution in [0.25, 0.3) is 0 Å². The van der Waals surface area contributed by atoms with Gasteiger partial charge in [-0.1, -0.05) is 47.1 Å². The Morgan fingerprint density at radius 3 is 2.42 bits per heavy atom. The fourth-order valence-electron chi connectivity index (χ4n) is 11.0. The molecule has 5 nitrogen and oxygen atoms in total. The van der Waals surface area contributed by atoms with Gasteiger partial charge in [0.25, 0.3) is 0 Å². The quantitative estimate of drug-likeness (QED) is 0.434. The molecule has 214 valence electrons. The van der Waals surface area contributed by atoms with Crippen LogP contribution >= 0.6 is 0 Å². The van der Waals surface area contributed by atoms with Crippen LogP contribution in [0.2, 0.25) is 0 Å². The van der Waals surface area contributed by atoms with Crippen LogP contribution < -0.4 is 0 Å². The topological polar surface area (TPSA) is 83.8 Å². The maximum atomic E-state index is 13.0. The number of ketones is 2. The van der Waals surface area contributed by atoms with E-state index in [1.165, 1.54) is 11.1 Å². The lowest BCUT2D eigenvalue weighted by molar-refractivity contribution is -0.211. The van der Waals surface area contributed by atoms with E-state index in [9.17, 15) is 19.8 Å². The molecule has 0 aromatic heterocycles. The van der Waals surface area contributed by atoms with E-state index in [2.05, 4.69) is 41.5 Å². The van der Waals surface area contributed by atoms with Gasteiger partial charge in [0.2, 0.25) is 0 Å². The molecule has 1 aliphatic heterocycles. The molecule has 5 rings (SSSR count). The summed E-state index contributed by atoms with van der Waals surface area (Å²) in [7, 11) is 0. The zero-order valence-electron chi connectivity index (χ0n) is 25.3. The molecule has 0 aromatic carbocycles. The van der Waals surface area contributed by atoms with E-state index in [1.54, 1.807) is 20.8 Å². The number of fused-ring (bicyclic) bond motifs is 6. The Morgan fingerprint density at radius 2 is 1.82 bits per heavy atom. The normalized spacial score (nSPS) is 47.1. The van der Waals surface area contributed by atoms with Crippen molar-refractivity contribution in [2.75, 3.05) is 0 Å². The molecule has 38 heavy (non-hydrogen) atoms. The van der Waals surface area contributed by atoms with Crippen LogP contribution in [0.4, 0.5) is 0 Å². The van der Waals surface area contributed by atoms with Gasteiger partial charge in [0.05, 0.1) is 23.9 Å². The Labute approximate surface area is 230 Å². The summed E-state index contributed by atoms with van der Waals surface area (Å²) in [6, 6.07) is 0. The third kappa shape index (κ3) is 3.80. The predicted octanol–water partition coefficient (Wildman–Crippen LogP) is 6.05. The van der Waals surface area contributed by atoms with Crippen LogP contribution in [0.5, 0.6) is 0 Å². The number of Topliss-reactive ketones (excluding diaryl/α,β-unsaturated/α-hetero) is 2. The smallest absolute Gasteiger partial charge is 0.138 e. The summed E-state index contributed by atoms with van der Waals surface area (Å²) >= 11 is 0. The number of aliphatic hydroxyl groups is 2. The first-order chi connectivity index (χ1) is 17.4. The van der Waals surface area contributed by atoms with Gasteiger partial charge in [0.15, 0.2) is 0 Å². The lowest BCUT2D eigenvalue weighted by Gasteiger charge is -2.68. The minimum atomic E-state index is -0.999. The van der Waals surface area contributed by atoms with E-state index in [4.69, 9.17) is 4.74 Å². The summed E-state index contributed by atoms with van der Waals surface area (Å²) in [5.74, 6) is 0.956. The van der Waals surface area contributed by atoms with Gasteiger partial charge in [-0.2, -0.15) is 0 Å². The fraction of sp³-hybridized carbons (Fsp3) is 0.879. The summed E-state index contributed by atoms with van der Waals surface area (Å²) in [6.45, 7) is 19.0. The van der Waals surface area contributed by atoms with Crippen molar-refractivity contribution in [2.45, 2.75) is 138 Å². The summed E-state index contributed by atoms with van der Waals surface area (Å²) in [5.41, 5.74) is 1.22. The number of ether oxygens (including phenoxy) is 1. The van der Waals surface area contributed by atoms with Crippen molar-refractivity contribution in [1.29, 1.82) is 0 Å². The molecule has 0 bridgehead atoms. The van der Waals surface area contributed by atoms with Crippen LogP contribution in [-0.2, 0) is 14.3 Å². The second kappa shape index (κ2) is 8.73. The third-order valence-electron chi connectivity index (χ3n) is 13.0. The van der Waals surface area contributed by atoms with Crippen molar-refractivity contribution < 1.29 is 24.5 Å². The van der Waals surface area contributed by atoms with Crippen molar-refractivity contribution in [3.63, 3.8) is 0 Å². The van der Waals surface area contributed by atoms with Gasteiger partial charge >= 0.3 is 0 Å². The molecule has 10 atom stereocenters. The minimum Gasteiger partial charge on any atom is -0.392 e. The molecule has 1 heterocycles. The van der Waals surface area contributed by atoms with Crippen LogP contribution in [0.15, 0.2) is 11.1 Å². The Hall–Kier alpha value is -1.04. The molecule has 5 aliphatic rings. The number of hydrogen-bond acceptors (Lipinski definition) is 5. The number of aliphatic hydroxyl groups excluding tert-OH is 1. The van der Waals surface area contributed by atoms with Crippen molar-refractivity contribution in [3.8, 4) is 0 Å². The van der Waals surface area contributed by atoms with Gasteiger partial charge in [-0.15, -0.1) is 0 Å². The summed E-state index contributed by atoms with van der Waals surface area (Å²) in [4.78, 5) is 25.1. The van der Waals surface area contributed by atoms with E-state index >= 15 is 0 Å². The average molecular weight is 529 g/mol. The molecule has 4 aliphatic carbocycles. The van der Waals surface area contributed by atoms with E-state index in [0.717, 1.165) is 32.1 Å². The molecule has 5 heteroatoms. The van der Waals surface area contributed by atoms with Gasteiger partial charge in [0.1, 0.15) is 11.6 Å². The van der Waals surface area contributed by atoms with E-state index in [-0.39, 0.29) is 57.4 Å². The largest absolute Gasteiger partial charge is 0.392 e. The lowest BCUT2D eigenvalue weighted by atomic mass is 9.36. The average Bonchev–Trinajstić information content (AvgIpc) is 3.07. The molecule has 0 spiro atoms. The molecular formula is C33H52O5. The molecular weight excluding hydrogens is 476 g/mol. The van der Waals surface area contributed by atoms with Crippen LogP contribution in [0, 0.1) is 45.3 Å². The first-order valence-corrected chi connectivity index (χ1v) is 15.2. The number of hydrogen-bond donors (Lipinski definition) is 2. The molecule has 4 fully saturated rings. The monoisotopic (exact) mass is 528 g/mol. The van der Waals surface area contributed by atoms with Crippen LogP contribution in [0.3, 0.4) is 0 Å². The second-order valence-electron chi connectivity index (χ2n) is 15.8. The summed E-state index contributed by atoms with van der Waals surface area (Å²) < 4.78 is 6.87. The molecule has 0 aromatic rings. The highest BCUT2D eigenvalue weighted by Crippen LogP contribution is 2.74. The van der Waals surface area contributed by atoms with E-state index in [1.807, 2.05) is 0 Å². The molecule has 0 radical (unpaired) electrons. The molecule has 3 saturated carbocycles. The van der Waals surface area contributed by atoms with Crippen molar-refractivity contribution in [1.82, 2.24) is 0 Å². The number of carbonyl (C=O) groups excluding carboxylic acids is 2. The van der Waals surface area contributed by atoms with Crippen molar-refractivity contribution in [3.05, 3.63) is 11.1 Å². The van der Waals surface area contributed by atoms with Gasteiger partial charge in [0, 0.05) is 24.2 Å². The van der Waals surface area contributed by atoms with Crippen molar-refractivity contribution >= 4 is 11.6 Å². The van der Waals surface area contributed by atoms with E-state index in [0.29, 0.717) is 31.0 Å². The molecule has 1 saturated heterocycles. The van der Waals surface area contributed by atoms with Gasteiger partial charge in [-0.25, -0.2) is 0 Å². The maximum Gasteiger partial charge on any atom is 0.138 e. The van der Waals surface area contributed by atoms with Gasteiger partial charge in [-0.05, 0) is 98.9 Å². The Kier molecular flexibility index (Phi) is 6.54. The molecule has 2 N–H and O–H groups in total. The summed E-state index contributed by atoms with van der Waals surface area (Å²) in [5, 5.41) is 23.0. The highest BCUT2D eigenvalue weighted by molar-refractivity contribution is 5.85. The van der Waals surface area contributed by atoms with Gasteiger partial charge in [-0.3, -0.25) is 4.79 Å². The first-order valence-electron chi connectivity index (χ1n) is 15.2. The van der Waals surface area contributed by atoms with Crippen molar-refractivity contribution in [2.24, 2.45) is 45.3 Å². The highest BCUT2D eigenvalue weighted by Gasteiger charge is 2.70. The molecule has 10 unspecified atom stereocenters. The highest BCUT2D eigenvalue weighted by atomic mass is 16.5. The Morgan fingerprint density at radius 1 is 1.16 bits per heavy atom. The van der Waals surface area contributed by atoms with Gasteiger partial charge < -0.3 is 19.7 Å². The zero-order chi connectivity index (χ0) is 28.2. The first kappa shape index (κ1) is 28.5. The minimum absolute atomic E-state index is 0.0294. The molecule has 0 amide bonds. The fourth-order valence-corrected chi connectivity index (χ4v) is 11.0. The third-order valence-corrected chi connectivity index (χ3v) is 13.0.